The zero-order valence-corrected chi connectivity index (χ0v) is 13.4. The first-order valence-electron chi connectivity index (χ1n) is 8.44. The first-order chi connectivity index (χ1) is 10.8. The van der Waals surface area contributed by atoms with Crippen molar-refractivity contribution < 1.29 is 14.6 Å². The first kappa shape index (κ1) is 15.8. The molecule has 0 saturated carbocycles. The van der Waals surface area contributed by atoms with Crippen molar-refractivity contribution in [1.29, 1.82) is 0 Å². The molecule has 2 heterocycles. The highest BCUT2D eigenvalue weighted by Gasteiger charge is 2.37. The molecule has 22 heavy (non-hydrogen) atoms. The number of hydrogen-bond donors (Lipinski definition) is 1. The number of nitrogens with zero attached hydrogens (tertiary/aromatic N) is 1. The molecule has 4 heteroatoms. The maximum Gasteiger partial charge on any atom is 0.122 e. The fourth-order valence-corrected chi connectivity index (χ4v) is 3.72. The van der Waals surface area contributed by atoms with Gasteiger partial charge in [-0.25, -0.2) is 0 Å². The van der Waals surface area contributed by atoms with Gasteiger partial charge in [0.05, 0.1) is 12.7 Å². The third-order valence-electron chi connectivity index (χ3n) is 5.00. The van der Waals surface area contributed by atoms with E-state index in [1.807, 2.05) is 18.2 Å². The summed E-state index contributed by atoms with van der Waals surface area (Å²) in [7, 11) is 0. The summed E-state index contributed by atoms with van der Waals surface area (Å²) >= 11 is 0. The summed E-state index contributed by atoms with van der Waals surface area (Å²) < 4.78 is 11.5. The average molecular weight is 305 g/mol. The molecule has 3 atom stereocenters. The summed E-state index contributed by atoms with van der Waals surface area (Å²) in [5.41, 5.74) is 1.18. The highest BCUT2D eigenvalue weighted by atomic mass is 16.5. The molecule has 2 aliphatic rings. The van der Waals surface area contributed by atoms with Gasteiger partial charge in [-0.05, 0) is 44.4 Å². The van der Waals surface area contributed by atoms with Crippen LogP contribution in [0.4, 0.5) is 0 Å². The van der Waals surface area contributed by atoms with Crippen LogP contribution in [-0.4, -0.2) is 55.1 Å². The van der Waals surface area contributed by atoms with Crippen molar-refractivity contribution in [2.24, 2.45) is 5.92 Å². The molecule has 1 aromatic rings. The van der Waals surface area contributed by atoms with Gasteiger partial charge in [0.2, 0.25) is 0 Å². The monoisotopic (exact) mass is 305 g/mol. The lowest BCUT2D eigenvalue weighted by Gasteiger charge is -2.37. The molecule has 4 nitrogen and oxygen atoms in total. The molecule has 2 aliphatic heterocycles. The van der Waals surface area contributed by atoms with E-state index in [9.17, 15) is 5.11 Å². The molecule has 0 spiro atoms. The van der Waals surface area contributed by atoms with Crippen LogP contribution in [0.15, 0.2) is 24.3 Å². The number of aliphatic hydroxyl groups excluding tert-OH is 1. The van der Waals surface area contributed by atoms with Crippen LogP contribution in [0.1, 0.15) is 24.8 Å². The molecule has 1 N–H and O–H groups in total. The molecule has 0 aromatic heterocycles. The van der Waals surface area contributed by atoms with E-state index in [0.29, 0.717) is 25.9 Å². The second kappa shape index (κ2) is 7.44. The van der Waals surface area contributed by atoms with Gasteiger partial charge in [0, 0.05) is 25.1 Å². The van der Waals surface area contributed by atoms with Gasteiger partial charge in [-0.3, -0.25) is 4.90 Å². The average Bonchev–Trinajstić information content (AvgIpc) is 2.98. The Balaban J connectivity index is 1.52. The zero-order chi connectivity index (χ0) is 15.4. The zero-order valence-electron chi connectivity index (χ0n) is 13.4. The van der Waals surface area contributed by atoms with Crippen LogP contribution in [0.2, 0.25) is 0 Å². The first-order valence-corrected chi connectivity index (χ1v) is 8.44. The summed E-state index contributed by atoms with van der Waals surface area (Å²) in [6.07, 6.45) is 2.93. The number of hydrogen-bond acceptors (Lipinski definition) is 4. The predicted octanol–water partition coefficient (Wildman–Crippen LogP) is 2.24. The Bertz CT molecular complexity index is 479. The molecule has 3 rings (SSSR count). The van der Waals surface area contributed by atoms with Gasteiger partial charge >= 0.3 is 0 Å². The molecule has 1 aromatic carbocycles. The summed E-state index contributed by atoms with van der Waals surface area (Å²) in [5.74, 6) is 1.23. The summed E-state index contributed by atoms with van der Waals surface area (Å²) in [4.78, 5) is 2.47. The number of aliphatic hydroxyl groups is 1. The van der Waals surface area contributed by atoms with Crippen LogP contribution >= 0.6 is 0 Å². The summed E-state index contributed by atoms with van der Waals surface area (Å²) in [5, 5.41) is 10.2. The van der Waals surface area contributed by atoms with Gasteiger partial charge in [0.15, 0.2) is 0 Å². The third kappa shape index (κ3) is 3.62. The molecular formula is C18H27NO3. The largest absolute Gasteiger partial charge is 0.492 e. The van der Waals surface area contributed by atoms with Crippen molar-refractivity contribution in [3.05, 3.63) is 29.8 Å². The Labute approximate surface area is 133 Å². The Hall–Kier alpha value is -1.10. The number of aryl methyl sites for hydroxylation is 1. The predicted molar refractivity (Wildman–Crippen MR) is 86.2 cm³/mol. The van der Waals surface area contributed by atoms with Crippen molar-refractivity contribution in [1.82, 2.24) is 4.90 Å². The molecule has 122 valence electrons. The second-order valence-corrected chi connectivity index (χ2v) is 6.45. The minimum atomic E-state index is -0.211. The van der Waals surface area contributed by atoms with E-state index >= 15 is 0 Å². The van der Waals surface area contributed by atoms with E-state index in [1.54, 1.807) is 0 Å². The van der Waals surface area contributed by atoms with Crippen LogP contribution in [0, 0.1) is 12.8 Å². The van der Waals surface area contributed by atoms with Crippen LogP contribution in [-0.2, 0) is 4.74 Å². The van der Waals surface area contributed by atoms with Gasteiger partial charge in [-0.15, -0.1) is 0 Å². The second-order valence-electron chi connectivity index (χ2n) is 6.45. The van der Waals surface area contributed by atoms with E-state index in [4.69, 9.17) is 9.47 Å². The quantitative estimate of drug-likeness (QED) is 0.906. The molecule has 3 unspecified atom stereocenters. The van der Waals surface area contributed by atoms with Gasteiger partial charge in [-0.1, -0.05) is 18.2 Å². The maximum atomic E-state index is 10.2. The molecule has 0 amide bonds. The van der Waals surface area contributed by atoms with E-state index in [2.05, 4.69) is 17.9 Å². The van der Waals surface area contributed by atoms with Crippen LogP contribution in [0.25, 0.3) is 0 Å². The lowest BCUT2D eigenvalue weighted by Crippen LogP contribution is -2.47. The Morgan fingerprint density at radius 2 is 2.18 bits per heavy atom. The summed E-state index contributed by atoms with van der Waals surface area (Å²) in [6.45, 7) is 6.18. The molecule has 2 saturated heterocycles. The molecule has 0 radical (unpaired) electrons. The minimum absolute atomic E-state index is 0.211. The van der Waals surface area contributed by atoms with E-state index < -0.39 is 0 Å². The van der Waals surface area contributed by atoms with Gasteiger partial charge in [-0.2, -0.15) is 0 Å². The topological polar surface area (TPSA) is 41.9 Å². The standard InChI is InChI=1S/C18H27NO3/c1-14-5-2-3-7-18(14)22-12-10-19-9-4-6-16(19)15-13-21-11-8-17(15)20/h2-3,5,7,15-17,20H,4,6,8-13H2,1H3. The number of ether oxygens (including phenoxy) is 2. The highest BCUT2D eigenvalue weighted by Crippen LogP contribution is 2.29. The minimum Gasteiger partial charge on any atom is -0.492 e. The third-order valence-corrected chi connectivity index (χ3v) is 5.00. The lowest BCUT2D eigenvalue weighted by molar-refractivity contribution is -0.0634. The van der Waals surface area contributed by atoms with Crippen molar-refractivity contribution >= 4 is 0 Å². The molecule has 0 bridgehead atoms. The number of rotatable bonds is 5. The van der Waals surface area contributed by atoms with Crippen LogP contribution in [0.3, 0.4) is 0 Å². The van der Waals surface area contributed by atoms with E-state index in [1.165, 1.54) is 12.0 Å². The molecule has 0 aliphatic carbocycles. The number of benzene rings is 1. The van der Waals surface area contributed by atoms with E-state index in [0.717, 1.165) is 31.7 Å². The van der Waals surface area contributed by atoms with Crippen LogP contribution < -0.4 is 4.74 Å². The Morgan fingerprint density at radius 3 is 3.00 bits per heavy atom. The molecule has 2 fully saturated rings. The number of para-hydroxylation sites is 1. The van der Waals surface area contributed by atoms with Crippen LogP contribution in [0.5, 0.6) is 5.75 Å². The van der Waals surface area contributed by atoms with Crippen molar-refractivity contribution in [3.8, 4) is 5.75 Å². The molecular weight excluding hydrogens is 278 g/mol. The van der Waals surface area contributed by atoms with Crippen molar-refractivity contribution in [2.45, 2.75) is 38.3 Å². The Morgan fingerprint density at radius 1 is 1.32 bits per heavy atom. The van der Waals surface area contributed by atoms with Gasteiger partial charge in [0.25, 0.3) is 0 Å². The SMILES string of the molecule is Cc1ccccc1OCCN1CCCC1C1COCCC1O. The van der Waals surface area contributed by atoms with E-state index in [-0.39, 0.29) is 12.0 Å². The highest BCUT2D eigenvalue weighted by molar-refractivity contribution is 5.31. The fraction of sp³-hybridized carbons (Fsp3) is 0.667. The lowest BCUT2D eigenvalue weighted by atomic mass is 9.89. The Kier molecular flexibility index (Phi) is 5.34. The van der Waals surface area contributed by atoms with Crippen molar-refractivity contribution in [2.75, 3.05) is 32.9 Å². The van der Waals surface area contributed by atoms with Gasteiger partial charge < -0.3 is 14.6 Å². The van der Waals surface area contributed by atoms with Crippen molar-refractivity contribution in [3.63, 3.8) is 0 Å². The summed E-state index contributed by atoms with van der Waals surface area (Å²) in [6, 6.07) is 8.58. The fourth-order valence-electron chi connectivity index (χ4n) is 3.72. The number of likely N-dealkylation sites (tertiary alicyclic amines) is 1. The smallest absolute Gasteiger partial charge is 0.122 e. The normalized spacial score (nSPS) is 29.6. The maximum absolute atomic E-state index is 10.2. The van der Waals surface area contributed by atoms with Gasteiger partial charge in [0.1, 0.15) is 12.4 Å².